The fourth-order valence-electron chi connectivity index (χ4n) is 3.73. The minimum absolute atomic E-state index is 0.138. The lowest BCUT2D eigenvalue weighted by Crippen LogP contribution is -2.37. The average molecular weight is 338 g/mol. The molecule has 25 heavy (non-hydrogen) atoms. The lowest BCUT2D eigenvalue weighted by Gasteiger charge is -2.33. The van der Waals surface area contributed by atoms with Crippen LogP contribution in [0.15, 0.2) is 30.3 Å². The van der Waals surface area contributed by atoms with Gasteiger partial charge in [-0.05, 0) is 48.9 Å². The SMILES string of the molecule is C[C@H]1CCN(C(=O)c2ccc(N3CCCC3)nn2)c2c(O)cccc21. The topological polar surface area (TPSA) is 69.6 Å². The molecule has 2 aliphatic rings. The number of fused-ring (bicyclic) bond motifs is 1. The molecule has 6 nitrogen and oxygen atoms in total. The van der Waals surface area contributed by atoms with E-state index in [4.69, 9.17) is 0 Å². The second-order valence-electron chi connectivity index (χ2n) is 6.83. The summed E-state index contributed by atoms with van der Waals surface area (Å²) in [6, 6.07) is 9.02. The summed E-state index contributed by atoms with van der Waals surface area (Å²) < 4.78 is 0. The number of aromatic nitrogens is 2. The summed E-state index contributed by atoms with van der Waals surface area (Å²) in [5, 5.41) is 18.7. The molecule has 0 unspecified atom stereocenters. The molecule has 1 aromatic heterocycles. The maximum Gasteiger partial charge on any atom is 0.278 e. The summed E-state index contributed by atoms with van der Waals surface area (Å²) in [5.41, 5.74) is 1.92. The zero-order chi connectivity index (χ0) is 17.4. The van der Waals surface area contributed by atoms with E-state index >= 15 is 0 Å². The number of benzene rings is 1. The van der Waals surface area contributed by atoms with Crippen LogP contribution < -0.4 is 9.80 Å². The van der Waals surface area contributed by atoms with Crippen LogP contribution in [0.4, 0.5) is 11.5 Å². The Labute approximate surface area is 147 Å². The van der Waals surface area contributed by atoms with Crippen molar-refractivity contribution < 1.29 is 9.90 Å². The number of rotatable bonds is 2. The summed E-state index contributed by atoms with van der Waals surface area (Å²) in [4.78, 5) is 16.8. The second kappa shape index (κ2) is 6.35. The number of hydrogen-bond acceptors (Lipinski definition) is 5. The van der Waals surface area contributed by atoms with Gasteiger partial charge in [0, 0.05) is 19.6 Å². The zero-order valence-corrected chi connectivity index (χ0v) is 14.4. The molecule has 0 bridgehead atoms. The highest BCUT2D eigenvalue weighted by atomic mass is 16.3. The van der Waals surface area contributed by atoms with Crippen molar-refractivity contribution in [1.82, 2.24) is 10.2 Å². The van der Waals surface area contributed by atoms with Gasteiger partial charge < -0.3 is 14.9 Å². The van der Waals surface area contributed by atoms with Crippen molar-refractivity contribution in [3.8, 4) is 5.75 Å². The Balaban J connectivity index is 1.62. The lowest BCUT2D eigenvalue weighted by atomic mass is 9.91. The molecule has 1 saturated heterocycles. The number of carbonyl (C=O) groups is 1. The van der Waals surface area contributed by atoms with Crippen molar-refractivity contribution in [2.45, 2.75) is 32.1 Å². The van der Waals surface area contributed by atoms with E-state index < -0.39 is 0 Å². The first kappa shape index (κ1) is 15.9. The lowest BCUT2D eigenvalue weighted by molar-refractivity contribution is 0.0978. The molecule has 1 aromatic carbocycles. The fourth-order valence-corrected chi connectivity index (χ4v) is 3.73. The summed E-state index contributed by atoms with van der Waals surface area (Å²) >= 11 is 0. The largest absolute Gasteiger partial charge is 0.506 e. The Morgan fingerprint density at radius 2 is 1.92 bits per heavy atom. The van der Waals surface area contributed by atoms with Crippen LogP contribution in [0.3, 0.4) is 0 Å². The average Bonchev–Trinajstić information content (AvgIpc) is 3.17. The standard InChI is InChI=1S/C19H22N4O2/c1-13-9-12-23(18-14(13)5-4-6-16(18)24)19(25)15-7-8-17(21-20-15)22-10-2-3-11-22/h4-8,13,24H,2-3,9-12H2,1H3/t13-/m0/s1. The van der Waals surface area contributed by atoms with Crippen LogP contribution in [0.25, 0.3) is 0 Å². The Hall–Kier alpha value is -2.63. The van der Waals surface area contributed by atoms with Gasteiger partial charge in [-0.25, -0.2) is 0 Å². The van der Waals surface area contributed by atoms with Crippen LogP contribution in [0, 0.1) is 0 Å². The van der Waals surface area contributed by atoms with E-state index in [1.54, 1.807) is 17.0 Å². The Kier molecular flexibility index (Phi) is 4.03. The van der Waals surface area contributed by atoms with Crippen LogP contribution in [-0.4, -0.2) is 40.8 Å². The molecule has 1 N–H and O–H groups in total. The van der Waals surface area contributed by atoms with E-state index in [9.17, 15) is 9.90 Å². The van der Waals surface area contributed by atoms with Crippen molar-refractivity contribution in [3.05, 3.63) is 41.6 Å². The molecule has 2 aromatic rings. The molecule has 2 aliphatic heterocycles. The Morgan fingerprint density at radius 3 is 2.64 bits per heavy atom. The van der Waals surface area contributed by atoms with E-state index in [0.717, 1.165) is 30.9 Å². The minimum Gasteiger partial charge on any atom is -0.506 e. The maximum atomic E-state index is 13.0. The van der Waals surface area contributed by atoms with Gasteiger partial charge in [0.05, 0.1) is 5.69 Å². The molecule has 6 heteroatoms. The number of para-hydroxylation sites is 1. The first-order chi connectivity index (χ1) is 12.1. The van der Waals surface area contributed by atoms with E-state index in [1.807, 2.05) is 18.2 Å². The van der Waals surface area contributed by atoms with Crippen molar-refractivity contribution in [1.29, 1.82) is 0 Å². The van der Waals surface area contributed by atoms with Gasteiger partial charge in [-0.1, -0.05) is 19.1 Å². The molecule has 0 radical (unpaired) electrons. The van der Waals surface area contributed by atoms with E-state index in [2.05, 4.69) is 22.0 Å². The minimum atomic E-state index is -0.213. The highest BCUT2D eigenvalue weighted by molar-refractivity contribution is 6.06. The van der Waals surface area contributed by atoms with Gasteiger partial charge in [-0.2, -0.15) is 0 Å². The van der Waals surface area contributed by atoms with Crippen LogP contribution >= 0.6 is 0 Å². The van der Waals surface area contributed by atoms with E-state index in [1.165, 1.54) is 12.8 Å². The number of phenols is 1. The third-order valence-corrected chi connectivity index (χ3v) is 5.18. The van der Waals surface area contributed by atoms with Gasteiger partial charge in [0.2, 0.25) is 0 Å². The molecule has 4 rings (SSSR count). The number of carbonyl (C=O) groups excluding carboxylic acids is 1. The summed E-state index contributed by atoms with van der Waals surface area (Å²) in [7, 11) is 0. The van der Waals surface area contributed by atoms with Gasteiger partial charge in [-0.15, -0.1) is 10.2 Å². The first-order valence-electron chi connectivity index (χ1n) is 8.87. The van der Waals surface area contributed by atoms with Crippen molar-refractivity contribution >= 4 is 17.4 Å². The van der Waals surface area contributed by atoms with Crippen molar-refractivity contribution in [3.63, 3.8) is 0 Å². The number of hydrogen-bond donors (Lipinski definition) is 1. The highest BCUT2D eigenvalue weighted by Gasteiger charge is 2.30. The fraction of sp³-hybridized carbons (Fsp3) is 0.421. The normalized spacial score (nSPS) is 19.8. The molecule has 130 valence electrons. The number of amides is 1. The van der Waals surface area contributed by atoms with Gasteiger partial charge >= 0.3 is 0 Å². The predicted octanol–water partition coefficient (Wildman–Crippen LogP) is 2.94. The molecule has 1 fully saturated rings. The quantitative estimate of drug-likeness (QED) is 0.912. The molecule has 1 amide bonds. The van der Waals surface area contributed by atoms with Crippen molar-refractivity contribution in [2.24, 2.45) is 0 Å². The molecule has 0 spiro atoms. The summed E-state index contributed by atoms with van der Waals surface area (Å²) in [5.74, 6) is 1.06. The molecular formula is C19H22N4O2. The molecule has 0 saturated carbocycles. The first-order valence-corrected chi connectivity index (χ1v) is 8.87. The Morgan fingerprint density at radius 1 is 1.12 bits per heavy atom. The number of nitrogens with zero attached hydrogens (tertiary/aromatic N) is 4. The molecule has 0 aliphatic carbocycles. The van der Waals surface area contributed by atoms with Crippen LogP contribution in [-0.2, 0) is 0 Å². The molecule has 3 heterocycles. The number of aromatic hydroxyl groups is 1. The number of anilines is 2. The van der Waals surface area contributed by atoms with E-state index in [-0.39, 0.29) is 11.7 Å². The van der Waals surface area contributed by atoms with Gasteiger partial charge in [0.15, 0.2) is 11.5 Å². The van der Waals surface area contributed by atoms with Crippen LogP contribution in [0.2, 0.25) is 0 Å². The van der Waals surface area contributed by atoms with Crippen molar-refractivity contribution in [2.75, 3.05) is 29.4 Å². The molecular weight excluding hydrogens is 316 g/mol. The maximum absolute atomic E-state index is 13.0. The Bertz CT molecular complexity index is 785. The second-order valence-corrected chi connectivity index (χ2v) is 6.83. The predicted molar refractivity (Wildman–Crippen MR) is 96.3 cm³/mol. The van der Waals surface area contributed by atoms with E-state index in [0.29, 0.717) is 23.8 Å². The summed E-state index contributed by atoms with van der Waals surface area (Å²) in [6.07, 6.45) is 3.20. The van der Waals surface area contributed by atoms with Crippen LogP contribution in [0.5, 0.6) is 5.75 Å². The monoisotopic (exact) mass is 338 g/mol. The van der Waals surface area contributed by atoms with Gasteiger partial charge in [0.25, 0.3) is 5.91 Å². The highest BCUT2D eigenvalue weighted by Crippen LogP contribution is 2.41. The van der Waals surface area contributed by atoms with Gasteiger partial charge in [-0.3, -0.25) is 4.79 Å². The summed E-state index contributed by atoms with van der Waals surface area (Å²) in [6.45, 7) is 4.67. The molecule has 1 atom stereocenters. The zero-order valence-electron chi connectivity index (χ0n) is 14.4. The third-order valence-electron chi connectivity index (χ3n) is 5.18. The number of phenolic OH excluding ortho intramolecular Hbond substituents is 1. The van der Waals surface area contributed by atoms with Crippen LogP contribution in [0.1, 0.15) is 48.2 Å². The van der Waals surface area contributed by atoms with Gasteiger partial charge in [0.1, 0.15) is 5.75 Å². The third kappa shape index (κ3) is 2.81. The smallest absolute Gasteiger partial charge is 0.278 e.